The normalized spacial score (nSPS) is 20.2. The number of hydrogen-bond donors (Lipinski definition) is 2. The van der Waals surface area contributed by atoms with Gasteiger partial charge in [-0.25, -0.2) is 0 Å². The van der Waals surface area contributed by atoms with Crippen LogP contribution < -0.4 is 11.1 Å². The van der Waals surface area contributed by atoms with Crippen LogP contribution >= 0.6 is 12.4 Å². The van der Waals surface area contributed by atoms with Gasteiger partial charge in [0.05, 0.1) is 0 Å². The van der Waals surface area contributed by atoms with E-state index in [0.29, 0.717) is 0 Å². The van der Waals surface area contributed by atoms with E-state index in [2.05, 4.69) is 5.32 Å². The summed E-state index contributed by atoms with van der Waals surface area (Å²) >= 11 is 0. The first-order valence-corrected chi connectivity index (χ1v) is 6.64. The zero-order valence-electron chi connectivity index (χ0n) is 11.1. The molecular formula is C13H27ClN2O. The van der Waals surface area contributed by atoms with Crippen molar-refractivity contribution in [1.29, 1.82) is 0 Å². The average Bonchev–Trinajstić information content (AvgIpc) is 2.29. The molecule has 4 heteroatoms. The van der Waals surface area contributed by atoms with Crippen LogP contribution in [0, 0.1) is 11.8 Å². The molecule has 3 nitrogen and oxygen atoms in total. The van der Waals surface area contributed by atoms with Gasteiger partial charge < -0.3 is 11.1 Å². The fourth-order valence-electron chi connectivity index (χ4n) is 2.28. The highest BCUT2D eigenvalue weighted by atomic mass is 35.5. The first-order chi connectivity index (χ1) is 7.61. The Morgan fingerprint density at radius 2 is 1.88 bits per heavy atom. The van der Waals surface area contributed by atoms with E-state index in [0.717, 1.165) is 18.9 Å². The number of nitrogens with one attached hydrogen (secondary N) is 1. The Hall–Kier alpha value is -0.280. The maximum atomic E-state index is 11.6. The van der Waals surface area contributed by atoms with Gasteiger partial charge in [-0.3, -0.25) is 4.79 Å². The van der Waals surface area contributed by atoms with Crippen molar-refractivity contribution in [3.63, 3.8) is 0 Å². The van der Waals surface area contributed by atoms with Gasteiger partial charge >= 0.3 is 0 Å². The first-order valence-electron chi connectivity index (χ1n) is 6.64. The summed E-state index contributed by atoms with van der Waals surface area (Å²) in [5.41, 5.74) is 5.69. The largest absolute Gasteiger partial charge is 0.356 e. The molecule has 1 amide bonds. The summed E-state index contributed by atoms with van der Waals surface area (Å²) in [6.45, 7) is 4.59. The molecule has 102 valence electrons. The summed E-state index contributed by atoms with van der Waals surface area (Å²) in [7, 11) is 0. The molecule has 0 bridgehead atoms. The van der Waals surface area contributed by atoms with Crippen LogP contribution in [0.2, 0.25) is 0 Å². The smallest absolute Gasteiger partial charge is 0.224 e. The van der Waals surface area contributed by atoms with Gasteiger partial charge in [-0.05, 0) is 19.3 Å². The van der Waals surface area contributed by atoms with Crippen molar-refractivity contribution in [2.75, 3.05) is 6.54 Å². The molecule has 0 aromatic rings. The Kier molecular flexibility index (Phi) is 8.61. The lowest BCUT2D eigenvalue weighted by Gasteiger charge is -2.22. The third-order valence-corrected chi connectivity index (χ3v) is 3.78. The van der Waals surface area contributed by atoms with Gasteiger partial charge in [0, 0.05) is 18.5 Å². The van der Waals surface area contributed by atoms with Crippen molar-refractivity contribution in [2.45, 2.75) is 58.4 Å². The summed E-state index contributed by atoms with van der Waals surface area (Å²) in [5.74, 6) is 0.858. The minimum Gasteiger partial charge on any atom is -0.356 e. The second-order valence-electron chi connectivity index (χ2n) is 5.23. The average molecular weight is 263 g/mol. The molecule has 0 heterocycles. The van der Waals surface area contributed by atoms with Crippen LogP contribution in [0.1, 0.15) is 52.4 Å². The lowest BCUT2D eigenvalue weighted by atomic mass is 9.87. The zero-order valence-corrected chi connectivity index (χ0v) is 11.9. The van der Waals surface area contributed by atoms with Crippen molar-refractivity contribution in [2.24, 2.45) is 17.6 Å². The van der Waals surface area contributed by atoms with E-state index in [-0.39, 0.29) is 30.3 Å². The number of nitrogens with two attached hydrogens (primary N) is 1. The fraction of sp³-hybridized carbons (Fsp3) is 0.923. The lowest BCUT2D eigenvalue weighted by molar-refractivity contribution is -0.124. The highest BCUT2D eigenvalue weighted by Gasteiger charge is 2.17. The van der Waals surface area contributed by atoms with Gasteiger partial charge in [0.1, 0.15) is 0 Å². The molecule has 0 aromatic carbocycles. The second kappa shape index (κ2) is 8.76. The molecule has 0 radical (unpaired) electrons. The van der Waals surface area contributed by atoms with Crippen molar-refractivity contribution >= 4 is 18.3 Å². The van der Waals surface area contributed by atoms with E-state index in [1.807, 2.05) is 13.8 Å². The molecule has 0 saturated heterocycles. The third kappa shape index (κ3) is 6.27. The van der Waals surface area contributed by atoms with E-state index in [9.17, 15) is 4.79 Å². The third-order valence-electron chi connectivity index (χ3n) is 3.78. The monoisotopic (exact) mass is 262 g/mol. The zero-order chi connectivity index (χ0) is 12.0. The molecule has 0 aromatic heterocycles. The van der Waals surface area contributed by atoms with E-state index in [1.165, 1.54) is 32.1 Å². The molecule has 1 saturated carbocycles. The van der Waals surface area contributed by atoms with E-state index < -0.39 is 0 Å². The quantitative estimate of drug-likeness (QED) is 0.800. The topological polar surface area (TPSA) is 55.1 Å². The van der Waals surface area contributed by atoms with Crippen molar-refractivity contribution < 1.29 is 4.79 Å². The Bertz CT molecular complexity index is 215. The van der Waals surface area contributed by atoms with E-state index in [4.69, 9.17) is 5.73 Å². The van der Waals surface area contributed by atoms with Gasteiger partial charge in [-0.2, -0.15) is 0 Å². The van der Waals surface area contributed by atoms with Crippen molar-refractivity contribution in [3.05, 3.63) is 0 Å². The first kappa shape index (κ1) is 16.7. The summed E-state index contributed by atoms with van der Waals surface area (Å²) in [6, 6.07) is -0.0605. The highest BCUT2D eigenvalue weighted by molar-refractivity contribution is 5.85. The number of amides is 1. The summed E-state index contributed by atoms with van der Waals surface area (Å²) in [4.78, 5) is 11.6. The van der Waals surface area contributed by atoms with Gasteiger partial charge in [-0.1, -0.05) is 39.0 Å². The van der Waals surface area contributed by atoms with Crippen LogP contribution in [0.3, 0.4) is 0 Å². The molecule has 1 rings (SSSR count). The van der Waals surface area contributed by atoms with Crippen LogP contribution in [-0.2, 0) is 4.79 Å². The molecular weight excluding hydrogens is 236 g/mol. The van der Waals surface area contributed by atoms with Crippen LogP contribution in [0.25, 0.3) is 0 Å². The molecule has 3 N–H and O–H groups in total. The summed E-state index contributed by atoms with van der Waals surface area (Å²) in [6.07, 6.45) is 7.96. The standard InChI is InChI=1S/C13H26N2O.ClH/c1-10(11(2)14)13(16)15-9-8-12-6-4-3-5-7-12;/h10-12H,3-9,14H2,1-2H3,(H,15,16);1H. The molecule has 2 unspecified atom stereocenters. The fourth-order valence-corrected chi connectivity index (χ4v) is 2.28. The number of carbonyl (C=O) groups is 1. The molecule has 17 heavy (non-hydrogen) atoms. The summed E-state index contributed by atoms with van der Waals surface area (Å²) in [5, 5.41) is 2.99. The van der Waals surface area contributed by atoms with Gasteiger partial charge in [0.15, 0.2) is 0 Å². The Morgan fingerprint density at radius 1 is 1.29 bits per heavy atom. The van der Waals surface area contributed by atoms with Crippen LogP contribution in [0.5, 0.6) is 0 Å². The number of halogens is 1. The van der Waals surface area contributed by atoms with Crippen LogP contribution in [0.4, 0.5) is 0 Å². The maximum Gasteiger partial charge on any atom is 0.224 e. The minimum absolute atomic E-state index is 0. The Balaban J connectivity index is 0.00000256. The predicted molar refractivity (Wildman–Crippen MR) is 74.3 cm³/mol. The number of rotatable bonds is 5. The van der Waals surface area contributed by atoms with Crippen molar-refractivity contribution in [1.82, 2.24) is 5.32 Å². The van der Waals surface area contributed by atoms with Gasteiger partial charge in [-0.15, -0.1) is 12.4 Å². The molecule has 0 aliphatic heterocycles. The predicted octanol–water partition coefficient (Wildman–Crippen LogP) is 2.48. The van der Waals surface area contributed by atoms with Gasteiger partial charge in [0.25, 0.3) is 0 Å². The maximum absolute atomic E-state index is 11.6. The number of carbonyl (C=O) groups excluding carboxylic acids is 1. The van der Waals surface area contributed by atoms with E-state index >= 15 is 0 Å². The molecule has 1 fully saturated rings. The Morgan fingerprint density at radius 3 is 2.41 bits per heavy atom. The SMILES string of the molecule is CC(N)C(C)C(=O)NCCC1CCCCC1.Cl. The number of hydrogen-bond acceptors (Lipinski definition) is 2. The van der Waals surface area contributed by atoms with Crippen molar-refractivity contribution in [3.8, 4) is 0 Å². The molecule has 1 aliphatic rings. The molecule has 0 spiro atoms. The van der Waals surface area contributed by atoms with Crippen LogP contribution in [-0.4, -0.2) is 18.5 Å². The second-order valence-corrected chi connectivity index (χ2v) is 5.23. The minimum atomic E-state index is -0.0774. The van der Waals surface area contributed by atoms with Gasteiger partial charge in [0.2, 0.25) is 5.91 Å². The lowest BCUT2D eigenvalue weighted by Crippen LogP contribution is -2.39. The van der Waals surface area contributed by atoms with Crippen LogP contribution in [0.15, 0.2) is 0 Å². The molecule has 1 aliphatic carbocycles. The molecule has 2 atom stereocenters. The summed E-state index contributed by atoms with van der Waals surface area (Å²) < 4.78 is 0. The Labute approximate surface area is 111 Å². The van der Waals surface area contributed by atoms with E-state index in [1.54, 1.807) is 0 Å². The highest BCUT2D eigenvalue weighted by Crippen LogP contribution is 2.25.